The third kappa shape index (κ3) is 6.28. The van der Waals surface area contributed by atoms with Gasteiger partial charge < -0.3 is 14.1 Å². The van der Waals surface area contributed by atoms with Crippen molar-refractivity contribution in [1.29, 1.82) is 0 Å². The quantitative estimate of drug-likeness (QED) is 0.535. The van der Waals surface area contributed by atoms with Crippen molar-refractivity contribution in [3.05, 3.63) is 42.1 Å². The zero-order valence-corrected chi connectivity index (χ0v) is 20.6. The maximum absolute atomic E-state index is 5.99. The van der Waals surface area contributed by atoms with Crippen molar-refractivity contribution >= 4 is 0 Å². The molecule has 0 unspecified atom stereocenters. The highest BCUT2D eigenvalue weighted by Gasteiger charge is 2.34. The van der Waals surface area contributed by atoms with Crippen LogP contribution in [0.5, 0.6) is 0 Å². The fourth-order valence-electron chi connectivity index (χ4n) is 5.35. The van der Waals surface area contributed by atoms with E-state index in [0.717, 1.165) is 63.8 Å². The lowest BCUT2D eigenvalue weighted by atomic mass is 9.69. The van der Waals surface area contributed by atoms with E-state index in [-0.39, 0.29) is 0 Å². The fraction of sp³-hybridized carbons (Fsp3) is 0.654. The molecule has 1 aliphatic carbocycles. The zero-order chi connectivity index (χ0) is 23.2. The van der Waals surface area contributed by atoms with Crippen molar-refractivity contribution in [2.75, 3.05) is 53.0 Å². The first-order valence-electron chi connectivity index (χ1n) is 12.4. The van der Waals surface area contributed by atoms with Crippen LogP contribution in [0.3, 0.4) is 0 Å². The standard InChI is InChI=1S/C26H39N5O2/c1-19(2)24-15-22(16-25-28-29-26(33-25)21-6-5-7-27-17-21)20(3)14-23(24)18-31-10-8-30(9-11-31)12-13-32-4/h5-7,14,17,19,22-24H,8-13,15-16,18H2,1-4H3/t22-,23-,24-/m0/s1. The average molecular weight is 454 g/mol. The molecule has 7 heteroatoms. The van der Waals surface area contributed by atoms with Crippen LogP contribution in [0.25, 0.3) is 11.5 Å². The molecule has 0 saturated carbocycles. The van der Waals surface area contributed by atoms with E-state index in [9.17, 15) is 0 Å². The van der Waals surface area contributed by atoms with Gasteiger partial charge in [0.05, 0.1) is 12.2 Å². The minimum Gasteiger partial charge on any atom is -0.421 e. The number of aromatic nitrogens is 3. The van der Waals surface area contributed by atoms with Crippen molar-refractivity contribution in [3.8, 4) is 11.5 Å². The molecule has 33 heavy (non-hydrogen) atoms. The summed E-state index contributed by atoms with van der Waals surface area (Å²) < 4.78 is 11.2. The summed E-state index contributed by atoms with van der Waals surface area (Å²) in [6.45, 7) is 14.7. The summed E-state index contributed by atoms with van der Waals surface area (Å²) in [6, 6.07) is 3.84. The number of allylic oxidation sites excluding steroid dienone is 1. The lowest BCUT2D eigenvalue weighted by Crippen LogP contribution is -2.49. The highest BCUT2D eigenvalue weighted by molar-refractivity contribution is 5.49. The van der Waals surface area contributed by atoms with Gasteiger partial charge in [-0.05, 0) is 49.1 Å². The molecule has 1 fully saturated rings. The Morgan fingerprint density at radius 1 is 1.15 bits per heavy atom. The normalized spacial score (nSPS) is 24.9. The van der Waals surface area contributed by atoms with E-state index in [1.165, 1.54) is 12.0 Å². The molecule has 2 aromatic rings. The van der Waals surface area contributed by atoms with Gasteiger partial charge in [-0.3, -0.25) is 9.88 Å². The van der Waals surface area contributed by atoms with Gasteiger partial charge in [0.25, 0.3) is 0 Å². The molecule has 3 heterocycles. The lowest BCUT2D eigenvalue weighted by molar-refractivity contribution is 0.0798. The van der Waals surface area contributed by atoms with E-state index in [1.54, 1.807) is 19.5 Å². The summed E-state index contributed by atoms with van der Waals surface area (Å²) in [4.78, 5) is 9.33. The third-order valence-corrected chi connectivity index (χ3v) is 7.43. The van der Waals surface area contributed by atoms with Crippen LogP contribution in [0.4, 0.5) is 0 Å². The predicted octanol–water partition coefficient (Wildman–Crippen LogP) is 3.79. The number of ether oxygens (including phenoxy) is 1. The summed E-state index contributed by atoms with van der Waals surface area (Å²) in [6.07, 6.45) is 8.06. The molecule has 2 aliphatic rings. The van der Waals surface area contributed by atoms with Crippen molar-refractivity contribution in [3.63, 3.8) is 0 Å². The topological polar surface area (TPSA) is 67.5 Å². The molecule has 1 saturated heterocycles. The minimum absolute atomic E-state index is 0.460. The van der Waals surface area contributed by atoms with Gasteiger partial charge in [0, 0.05) is 65.2 Å². The summed E-state index contributed by atoms with van der Waals surface area (Å²) in [5.74, 6) is 3.67. The van der Waals surface area contributed by atoms with E-state index in [1.807, 2.05) is 12.1 Å². The van der Waals surface area contributed by atoms with Gasteiger partial charge in [-0.15, -0.1) is 10.2 Å². The minimum atomic E-state index is 0.460. The number of hydrogen-bond donors (Lipinski definition) is 0. The van der Waals surface area contributed by atoms with Crippen LogP contribution in [0.2, 0.25) is 0 Å². The molecule has 0 spiro atoms. The molecule has 0 bridgehead atoms. The molecule has 7 nitrogen and oxygen atoms in total. The van der Waals surface area contributed by atoms with Crippen LogP contribution in [0.1, 0.15) is 33.1 Å². The van der Waals surface area contributed by atoms with Gasteiger partial charge in [0.1, 0.15) is 0 Å². The molecule has 1 aliphatic heterocycles. The zero-order valence-electron chi connectivity index (χ0n) is 20.6. The van der Waals surface area contributed by atoms with Crippen LogP contribution < -0.4 is 0 Å². The molecule has 180 valence electrons. The first-order chi connectivity index (χ1) is 16.0. The Morgan fingerprint density at radius 3 is 2.64 bits per heavy atom. The number of nitrogens with zero attached hydrogens (tertiary/aromatic N) is 5. The van der Waals surface area contributed by atoms with Crippen LogP contribution in [-0.4, -0.2) is 78.0 Å². The van der Waals surface area contributed by atoms with E-state index in [4.69, 9.17) is 9.15 Å². The van der Waals surface area contributed by atoms with Gasteiger partial charge in [-0.2, -0.15) is 0 Å². The Morgan fingerprint density at radius 2 is 1.94 bits per heavy atom. The van der Waals surface area contributed by atoms with Gasteiger partial charge in [0.15, 0.2) is 0 Å². The first kappa shape index (κ1) is 24.0. The van der Waals surface area contributed by atoms with Gasteiger partial charge in [-0.1, -0.05) is 25.5 Å². The monoisotopic (exact) mass is 453 g/mol. The highest BCUT2D eigenvalue weighted by Crippen LogP contribution is 2.39. The summed E-state index contributed by atoms with van der Waals surface area (Å²) in [7, 11) is 1.78. The van der Waals surface area contributed by atoms with Gasteiger partial charge >= 0.3 is 0 Å². The summed E-state index contributed by atoms with van der Waals surface area (Å²) in [5, 5.41) is 8.59. The van der Waals surface area contributed by atoms with E-state index in [0.29, 0.717) is 29.6 Å². The van der Waals surface area contributed by atoms with Crippen molar-refractivity contribution in [2.24, 2.45) is 23.7 Å². The average Bonchev–Trinajstić information content (AvgIpc) is 3.29. The number of rotatable bonds is 9. The molecule has 0 N–H and O–H groups in total. The Balaban J connectivity index is 1.37. The second-order valence-electron chi connectivity index (χ2n) is 10.00. The molecule has 4 rings (SSSR count). The van der Waals surface area contributed by atoms with Crippen LogP contribution >= 0.6 is 0 Å². The number of pyridine rings is 1. The Labute approximate surface area is 198 Å². The molecule has 2 aromatic heterocycles. The van der Waals surface area contributed by atoms with E-state index in [2.05, 4.69) is 51.8 Å². The first-order valence-corrected chi connectivity index (χ1v) is 12.4. The number of hydrogen-bond acceptors (Lipinski definition) is 7. The van der Waals surface area contributed by atoms with Crippen molar-refractivity contribution < 1.29 is 9.15 Å². The Hall–Kier alpha value is -2.09. The second kappa shape index (κ2) is 11.4. The Kier molecular flexibility index (Phi) is 8.28. The molecule has 3 atom stereocenters. The SMILES string of the molecule is COCCN1CCN(C[C@@H]2C=C(C)[C@H](Cc3nnc(-c4cccnc4)o3)C[C@H]2C(C)C)CC1. The van der Waals surface area contributed by atoms with E-state index < -0.39 is 0 Å². The summed E-state index contributed by atoms with van der Waals surface area (Å²) >= 11 is 0. The van der Waals surface area contributed by atoms with Crippen LogP contribution in [-0.2, 0) is 11.2 Å². The van der Waals surface area contributed by atoms with Crippen molar-refractivity contribution in [1.82, 2.24) is 25.0 Å². The second-order valence-corrected chi connectivity index (χ2v) is 10.00. The van der Waals surface area contributed by atoms with Gasteiger partial charge in [0.2, 0.25) is 11.8 Å². The lowest BCUT2D eigenvalue weighted by Gasteiger charge is -2.41. The number of methoxy groups -OCH3 is 1. The molecular weight excluding hydrogens is 414 g/mol. The smallest absolute Gasteiger partial charge is 0.249 e. The molecule has 0 radical (unpaired) electrons. The third-order valence-electron chi connectivity index (χ3n) is 7.43. The van der Waals surface area contributed by atoms with Gasteiger partial charge in [-0.25, -0.2) is 0 Å². The molecule has 0 aromatic carbocycles. The highest BCUT2D eigenvalue weighted by atomic mass is 16.5. The Bertz CT molecular complexity index is 889. The molecular formula is C26H39N5O2. The van der Waals surface area contributed by atoms with Crippen molar-refractivity contribution in [2.45, 2.75) is 33.6 Å². The van der Waals surface area contributed by atoms with Crippen LogP contribution in [0, 0.1) is 23.7 Å². The predicted molar refractivity (Wildman–Crippen MR) is 130 cm³/mol. The largest absolute Gasteiger partial charge is 0.421 e. The summed E-state index contributed by atoms with van der Waals surface area (Å²) in [5.41, 5.74) is 2.34. The van der Waals surface area contributed by atoms with Crippen LogP contribution in [0.15, 0.2) is 40.6 Å². The number of piperazine rings is 1. The molecule has 0 amide bonds. The van der Waals surface area contributed by atoms with E-state index >= 15 is 0 Å². The fourth-order valence-corrected chi connectivity index (χ4v) is 5.35. The maximum Gasteiger partial charge on any atom is 0.249 e. The maximum atomic E-state index is 5.99.